The molecule has 0 spiro atoms. The second-order valence-corrected chi connectivity index (χ2v) is 8.86. The van der Waals surface area contributed by atoms with Crippen LogP contribution in [0.4, 0.5) is 5.00 Å². The molecule has 2 amide bonds. The Morgan fingerprint density at radius 1 is 1.03 bits per heavy atom. The van der Waals surface area contributed by atoms with E-state index in [9.17, 15) is 9.59 Å². The molecule has 0 unspecified atom stereocenters. The van der Waals surface area contributed by atoms with Gasteiger partial charge in [0.2, 0.25) is 0 Å². The zero-order valence-corrected chi connectivity index (χ0v) is 19.2. The van der Waals surface area contributed by atoms with Gasteiger partial charge in [-0.05, 0) is 43.0 Å². The van der Waals surface area contributed by atoms with E-state index in [4.69, 9.17) is 10.7 Å². The quantitative estimate of drug-likeness (QED) is 0.398. The molecule has 0 fully saturated rings. The van der Waals surface area contributed by atoms with Crippen molar-refractivity contribution in [2.45, 2.75) is 33.6 Å². The van der Waals surface area contributed by atoms with Crippen LogP contribution in [-0.2, 0) is 12.8 Å². The molecule has 3 N–H and O–H groups in total. The molecular formula is C26H25N3O2S. The summed E-state index contributed by atoms with van der Waals surface area (Å²) >= 11 is 1.38. The van der Waals surface area contributed by atoms with Gasteiger partial charge in [-0.1, -0.05) is 56.3 Å². The lowest BCUT2D eigenvalue weighted by Crippen LogP contribution is -2.18. The molecule has 0 aliphatic rings. The van der Waals surface area contributed by atoms with Gasteiger partial charge in [0, 0.05) is 15.8 Å². The van der Waals surface area contributed by atoms with Crippen molar-refractivity contribution >= 4 is 39.1 Å². The van der Waals surface area contributed by atoms with Gasteiger partial charge in [0.1, 0.15) is 5.00 Å². The topological polar surface area (TPSA) is 85.1 Å². The van der Waals surface area contributed by atoms with E-state index in [-0.39, 0.29) is 5.91 Å². The number of aromatic nitrogens is 1. The van der Waals surface area contributed by atoms with Crippen LogP contribution in [0, 0.1) is 6.92 Å². The number of nitrogens with zero attached hydrogens (tertiary/aromatic N) is 1. The van der Waals surface area contributed by atoms with Crippen LogP contribution < -0.4 is 11.1 Å². The Bertz CT molecular complexity index is 1320. The fraction of sp³-hybridized carbons (Fsp3) is 0.192. The monoisotopic (exact) mass is 443 g/mol. The first-order valence-electron chi connectivity index (χ1n) is 10.6. The number of nitrogens with one attached hydrogen (secondary N) is 1. The highest BCUT2D eigenvalue weighted by atomic mass is 32.1. The number of aryl methyl sites for hydroxylation is 2. The number of primary amides is 1. The first-order chi connectivity index (χ1) is 15.4. The van der Waals surface area contributed by atoms with Gasteiger partial charge >= 0.3 is 0 Å². The zero-order valence-electron chi connectivity index (χ0n) is 18.4. The maximum atomic E-state index is 13.4. The van der Waals surface area contributed by atoms with Crippen molar-refractivity contribution in [1.82, 2.24) is 4.98 Å². The smallest absolute Gasteiger partial charge is 0.257 e. The molecule has 6 heteroatoms. The summed E-state index contributed by atoms with van der Waals surface area (Å²) in [6.45, 7) is 6.02. The van der Waals surface area contributed by atoms with Gasteiger partial charge in [0.25, 0.3) is 11.8 Å². The third kappa shape index (κ3) is 4.01. The van der Waals surface area contributed by atoms with Crippen molar-refractivity contribution in [1.29, 1.82) is 0 Å². The van der Waals surface area contributed by atoms with Gasteiger partial charge in [-0.2, -0.15) is 0 Å². The molecule has 0 radical (unpaired) electrons. The lowest BCUT2D eigenvalue weighted by Gasteiger charge is -2.11. The molecule has 4 rings (SSSR count). The first-order valence-corrected chi connectivity index (χ1v) is 11.5. The second-order valence-electron chi connectivity index (χ2n) is 7.64. The summed E-state index contributed by atoms with van der Waals surface area (Å²) in [6.07, 6.45) is 1.63. The van der Waals surface area contributed by atoms with Crippen molar-refractivity contribution in [2.75, 3.05) is 5.32 Å². The molecule has 0 saturated heterocycles. The number of carbonyl (C=O) groups is 2. The van der Waals surface area contributed by atoms with Gasteiger partial charge in [-0.25, -0.2) is 4.98 Å². The minimum Gasteiger partial charge on any atom is -0.365 e. The second kappa shape index (κ2) is 8.93. The summed E-state index contributed by atoms with van der Waals surface area (Å²) < 4.78 is 0. The molecule has 5 nitrogen and oxygen atoms in total. The fourth-order valence-corrected chi connectivity index (χ4v) is 5.09. The number of hydrogen-bond acceptors (Lipinski definition) is 4. The van der Waals surface area contributed by atoms with E-state index < -0.39 is 5.91 Å². The van der Waals surface area contributed by atoms with Crippen LogP contribution in [0.3, 0.4) is 0 Å². The Morgan fingerprint density at radius 2 is 1.75 bits per heavy atom. The number of nitrogens with two attached hydrogens (primary N) is 1. The predicted octanol–water partition coefficient (Wildman–Crippen LogP) is 5.75. The Labute approximate surface area is 191 Å². The molecule has 0 bridgehead atoms. The van der Waals surface area contributed by atoms with Gasteiger partial charge in [-0.15, -0.1) is 11.3 Å². The average molecular weight is 444 g/mol. The summed E-state index contributed by atoms with van der Waals surface area (Å²) in [5, 5.41) is 4.19. The number of thiophene rings is 1. The number of anilines is 1. The first kappa shape index (κ1) is 21.7. The van der Waals surface area contributed by atoms with E-state index in [2.05, 4.69) is 24.4 Å². The summed E-state index contributed by atoms with van der Waals surface area (Å²) in [5.74, 6) is -0.820. The molecule has 2 aromatic carbocycles. The van der Waals surface area contributed by atoms with Gasteiger partial charge in [0.15, 0.2) is 0 Å². The molecule has 0 saturated carbocycles. The Balaban J connectivity index is 1.80. The third-order valence-corrected chi connectivity index (χ3v) is 6.72. The summed E-state index contributed by atoms with van der Waals surface area (Å²) in [7, 11) is 0. The van der Waals surface area contributed by atoms with Crippen molar-refractivity contribution < 1.29 is 9.59 Å². The minimum atomic E-state index is -0.530. The fourth-order valence-electron chi connectivity index (χ4n) is 3.95. The molecule has 2 aromatic heterocycles. The van der Waals surface area contributed by atoms with Crippen molar-refractivity contribution in [3.05, 3.63) is 81.7 Å². The highest BCUT2D eigenvalue weighted by molar-refractivity contribution is 7.16. The van der Waals surface area contributed by atoms with Crippen LogP contribution in [0.5, 0.6) is 0 Å². The highest BCUT2D eigenvalue weighted by Crippen LogP contribution is 2.34. The Hall–Kier alpha value is -3.51. The molecule has 0 aliphatic heterocycles. The average Bonchev–Trinajstić information content (AvgIpc) is 3.13. The van der Waals surface area contributed by atoms with Crippen LogP contribution in [0.25, 0.3) is 22.2 Å². The number of pyridine rings is 1. The van der Waals surface area contributed by atoms with E-state index in [0.29, 0.717) is 22.5 Å². The summed E-state index contributed by atoms with van der Waals surface area (Å²) in [5.41, 5.74) is 11.1. The minimum absolute atomic E-state index is 0.290. The van der Waals surface area contributed by atoms with Gasteiger partial charge in [0.05, 0.1) is 22.3 Å². The number of amides is 2. The summed E-state index contributed by atoms with van der Waals surface area (Å²) in [6, 6.07) is 17.6. The SMILES string of the molecule is CCc1ccc(-c2cc(C(=O)Nc3sc(C)c(CC)c3C(N)=O)c3ccccc3n2)cc1. The van der Waals surface area contributed by atoms with Crippen LogP contribution in [0.1, 0.15) is 50.6 Å². The zero-order chi connectivity index (χ0) is 22.8. The predicted molar refractivity (Wildman–Crippen MR) is 131 cm³/mol. The number of para-hydroxylation sites is 1. The van der Waals surface area contributed by atoms with E-state index in [1.165, 1.54) is 16.9 Å². The Kier molecular flexibility index (Phi) is 6.06. The number of benzene rings is 2. The number of hydrogen-bond donors (Lipinski definition) is 2. The lowest BCUT2D eigenvalue weighted by molar-refractivity contribution is 0.100. The van der Waals surface area contributed by atoms with Crippen LogP contribution >= 0.6 is 11.3 Å². The lowest BCUT2D eigenvalue weighted by atomic mass is 10.0. The van der Waals surface area contributed by atoms with Crippen molar-refractivity contribution in [3.8, 4) is 11.3 Å². The molecule has 2 heterocycles. The van der Waals surface area contributed by atoms with Crippen molar-refractivity contribution in [2.24, 2.45) is 5.73 Å². The molecular weight excluding hydrogens is 418 g/mol. The van der Waals surface area contributed by atoms with Gasteiger partial charge < -0.3 is 11.1 Å². The number of carbonyl (C=O) groups excluding carboxylic acids is 2. The molecule has 0 aliphatic carbocycles. The van der Waals surface area contributed by atoms with Crippen molar-refractivity contribution in [3.63, 3.8) is 0 Å². The number of rotatable bonds is 6. The summed E-state index contributed by atoms with van der Waals surface area (Å²) in [4.78, 5) is 31.3. The largest absolute Gasteiger partial charge is 0.365 e. The normalized spacial score (nSPS) is 11.0. The highest BCUT2D eigenvalue weighted by Gasteiger charge is 2.22. The third-order valence-electron chi connectivity index (χ3n) is 5.65. The van der Waals surface area contributed by atoms with E-state index in [0.717, 1.165) is 39.0 Å². The Morgan fingerprint density at radius 3 is 2.41 bits per heavy atom. The maximum Gasteiger partial charge on any atom is 0.257 e. The van der Waals surface area contributed by atoms with E-state index >= 15 is 0 Å². The van der Waals surface area contributed by atoms with Crippen LogP contribution in [0.15, 0.2) is 54.6 Å². The molecule has 0 atom stereocenters. The van der Waals surface area contributed by atoms with E-state index in [1.54, 1.807) is 0 Å². The number of fused-ring (bicyclic) bond motifs is 1. The molecule has 32 heavy (non-hydrogen) atoms. The van der Waals surface area contributed by atoms with Gasteiger partial charge in [-0.3, -0.25) is 9.59 Å². The molecule has 162 valence electrons. The standard InChI is InChI=1S/C26H25N3O2S/c1-4-16-10-12-17(13-11-16)22-14-20(19-8-6-7-9-21(19)28-22)25(31)29-26-23(24(27)30)18(5-2)15(3)32-26/h6-14H,4-5H2,1-3H3,(H2,27,30)(H,29,31). The maximum absolute atomic E-state index is 13.4. The van der Waals surface area contributed by atoms with Crippen LogP contribution in [0.2, 0.25) is 0 Å². The molecule has 4 aromatic rings. The van der Waals surface area contributed by atoms with Crippen LogP contribution in [-0.4, -0.2) is 16.8 Å². The van der Waals surface area contributed by atoms with E-state index in [1.807, 2.05) is 56.3 Å².